The van der Waals surface area contributed by atoms with Gasteiger partial charge in [0.05, 0.1) is 11.6 Å². The first-order valence-corrected chi connectivity index (χ1v) is 7.03. The zero-order chi connectivity index (χ0) is 11.6. The minimum absolute atomic E-state index is 0.316. The van der Waals surface area contributed by atoms with Crippen LogP contribution < -0.4 is 4.90 Å². The van der Waals surface area contributed by atoms with Crippen LogP contribution in [0.3, 0.4) is 0 Å². The molecule has 1 aliphatic rings. The average molecular weight is 257 g/mol. The van der Waals surface area contributed by atoms with Gasteiger partial charge in [0.2, 0.25) is 0 Å². The number of thioether (sulfide) groups is 1. The predicted octanol–water partition coefficient (Wildman–Crippen LogP) is 3.15. The molecule has 1 aliphatic heterocycles. The van der Waals surface area contributed by atoms with E-state index in [-0.39, 0.29) is 0 Å². The first-order chi connectivity index (χ1) is 7.61. The summed E-state index contributed by atoms with van der Waals surface area (Å²) >= 11 is 7.84. The molecule has 0 unspecified atom stereocenters. The molecular formula is C12H17ClN2S. The van der Waals surface area contributed by atoms with Gasteiger partial charge in [-0.1, -0.05) is 6.07 Å². The Hall–Kier alpha value is -0.410. The van der Waals surface area contributed by atoms with Crippen molar-refractivity contribution in [1.82, 2.24) is 4.98 Å². The Morgan fingerprint density at radius 1 is 1.50 bits per heavy atom. The van der Waals surface area contributed by atoms with Crippen LogP contribution in [-0.4, -0.2) is 28.6 Å². The van der Waals surface area contributed by atoms with Gasteiger partial charge in [-0.05, 0) is 26.0 Å². The number of halogens is 1. The molecule has 0 bridgehead atoms. The standard InChI is InChI=1S/C12H17ClN2S/c1-12(2)9-15(6-7-16-12)11-5-3-4-10(8-13)14-11/h3-5H,6-9H2,1-2H3. The van der Waals surface area contributed by atoms with Crippen LogP contribution >= 0.6 is 23.4 Å². The van der Waals surface area contributed by atoms with Crippen LogP contribution in [0.2, 0.25) is 0 Å². The van der Waals surface area contributed by atoms with Crippen LogP contribution in [0, 0.1) is 0 Å². The Bertz CT molecular complexity index is 368. The molecule has 88 valence electrons. The average Bonchev–Trinajstić information content (AvgIpc) is 2.28. The van der Waals surface area contributed by atoms with Crippen LogP contribution in [0.1, 0.15) is 19.5 Å². The molecule has 1 aromatic rings. The molecule has 1 aromatic heterocycles. The first kappa shape index (κ1) is 12.1. The minimum Gasteiger partial charge on any atom is -0.354 e. The van der Waals surface area contributed by atoms with Crippen LogP contribution in [0.5, 0.6) is 0 Å². The molecule has 0 amide bonds. The second kappa shape index (κ2) is 4.84. The zero-order valence-electron chi connectivity index (χ0n) is 9.74. The third-order valence-corrected chi connectivity index (χ3v) is 4.25. The van der Waals surface area contributed by atoms with Crippen LogP contribution in [0.4, 0.5) is 5.82 Å². The molecule has 1 fully saturated rings. The first-order valence-electron chi connectivity index (χ1n) is 5.51. The van der Waals surface area contributed by atoms with E-state index >= 15 is 0 Å². The Morgan fingerprint density at radius 2 is 2.31 bits per heavy atom. The normalized spacial score (nSPS) is 19.8. The molecule has 0 radical (unpaired) electrons. The summed E-state index contributed by atoms with van der Waals surface area (Å²) in [4.78, 5) is 6.92. The molecule has 1 saturated heterocycles. The maximum Gasteiger partial charge on any atom is 0.128 e. The number of rotatable bonds is 2. The molecular weight excluding hydrogens is 240 g/mol. The van der Waals surface area contributed by atoms with E-state index in [1.54, 1.807) is 0 Å². The molecule has 4 heteroatoms. The summed E-state index contributed by atoms with van der Waals surface area (Å²) in [6, 6.07) is 6.08. The lowest BCUT2D eigenvalue weighted by atomic mass is 10.2. The Labute approximate surface area is 106 Å². The number of alkyl halides is 1. The zero-order valence-corrected chi connectivity index (χ0v) is 11.3. The van der Waals surface area contributed by atoms with Gasteiger partial charge >= 0.3 is 0 Å². The molecule has 0 atom stereocenters. The van der Waals surface area contributed by atoms with E-state index in [4.69, 9.17) is 11.6 Å². The molecule has 0 aromatic carbocycles. The van der Waals surface area contributed by atoms with Crippen LogP contribution in [-0.2, 0) is 5.88 Å². The predicted molar refractivity (Wildman–Crippen MR) is 72.5 cm³/mol. The summed E-state index contributed by atoms with van der Waals surface area (Å²) in [7, 11) is 0. The molecule has 2 rings (SSSR count). The molecule has 16 heavy (non-hydrogen) atoms. The maximum absolute atomic E-state index is 5.81. The van der Waals surface area contributed by atoms with Crippen molar-refractivity contribution in [2.24, 2.45) is 0 Å². The fraction of sp³-hybridized carbons (Fsp3) is 0.583. The monoisotopic (exact) mass is 256 g/mol. The summed E-state index contributed by atoms with van der Waals surface area (Å²) in [6.45, 7) is 6.70. The van der Waals surface area contributed by atoms with Gasteiger partial charge in [-0.3, -0.25) is 0 Å². The van der Waals surface area contributed by atoms with E-state index < -0.39 is 0 Å². The van der Waals surface area contributed by atoms with Crippen molar-refractivity contribution in [3.05, 3.63) is 23.9 Å². The van der Waals surface area contributed by atoms with Gasteiger partial charge in [0, 0.05) is 23.6 Å². The van der Waals surface area contributed by atoms with Gasteiger partial charge in [0.1, 0.15) is 5.82 Å². The molecule has 0 spiro atoms. The van der Waals surface area contributed by atoms with Crippen molar-refractivity contribution in [2.45, 2.75) is 24.5 Å². The van der Waals surface area contributed by atoms with E-state index in [1.165, 1.54) is 5.75 Å². The lowest BCUT2D eigenvalue weighted by Gasteiger charge is -2.38. The smallest absolute Gasteiger partial charge is 0.128 e. The summed E-state index contributed by atoms with van der Waals surface area (Å²) < 4.78 is 0.316. The highest BCUT2D eigenvalue weighted by Crippen LogP contribution is 2.31. The van der Waals surface area contributed by atoms with Crippen molar-refractivity contribution in [3.63, 3.8) is 0 Å². The van der Waals surface area contributed by atoms with Gasteiger partial charge in [-0.25, -0.2) is 4.98 Å². The third kappa shape index (κ3) is 2.83. The van der Waals surface area contributed by atoms with Crippen LogP contribution in [0.25, 0.3) is 0 Å². The second-order valence-electron chi connectivity index (χ2n) is 4.65. The summed E-state index contributed by atoms with van der Waals surface area (Å²) in [5.74, 6) is 2.71. The molecule has 2 heterocycles. The fourth-order valence-electron chi connectivity index (χ4n) is 1.93. The number of hydrogen-bond donors (Lipinski definition) is 0. The maximum atomic E-state index is 5.81. The highest BCUT2D eigenvalue weighted by atomic mass is 35.5. The van der Waals surface area contributed by atoms with Crippen molar-refractivity contribution < 1.29 is 0 Å². The van der Waals surface area contributed by atoms with Crippen molar-refractivity contribution >= 4 is 29.2 Å². The van der Waals surface area contributed by atoms with Crippen molar-refractivity contribution in [1.29, 1.82) is 0 Å². The number of hydrogen-bond acceptors (Lipinski definition) is 3. The Balaban J connectivity index is 2.16. The number of nitrogens with zero attached hydrogens (tertiary/aromatic N) is 2. The van der Waals surface area contributed by atoms with Crippen molar-refractivity contribution in [2.75, 3.05) is 23.7 Å². The van der Waals surface area contributed by atoms with Gasteiger partial charge in [-0.15, -0.1) is 11.6 Å². The van der Waals surface area contributed by atoms with Crippen molar-refractivity contribution in [3.8, 4) is 0 Å². The van der Waals surface area contributed by atoms with E-state index in [9.17, 15) is 0 Å². The summed E-state index contributed by atoms with van der Waals surface area (Å²) in [6.07, 6.45) is 0. The molecule has 0 N–H and O–H groups in total. The highest BCUT2D eigenvalue weighted by molar-refractivity contribution is 8.00. The van der Waals surface area contributed by atoms with E-state index in [0.29, 0.717) is 10.6 Å². The fourth-order valence-corrected chi connectivity index (χ4v) is 3.19. The highest BCUT2D eigenvalue weighted by Gasteiger charge is 2.27. The van der Waals surface area contributed by atoms with E-state index in [1.807, 2.05) is 23.9 Å². The SMILES string of the molecule is CC1(C)CN(c2cccc(CCl)n2)CCS1. The summed E-state index contributed by atoms with van der Waals surface area (Å²) in [5.41, 5.74) is 0.954. The van der Waals surface area contributed by atoms with Gasteiger partial charge in [-0.2, -0.15) is 11.8 Å². The lowest BCUT2D eigenvalue weighted by Crippen LogP contribution is -2.43. The second-order valence-corrected chi connectivity index (χ2v) is 6.72. The summed E-state index contributed by atoms with van der Waals surface area (Å²) in [5, 5.41) is 0. The largest absolute Gasteiger partial charge is 0.354 e. The van der Waals surface area contributed by atoms with E-state index in [2.05, 4.69) is 29.8 Å². The Kier molecular flexibility index (Phi) is 3.65. The number of anilines is 1. The minimum atomic E-state index is 0.316. The van der Waals surface area contributed by atoms with Crippen LogP contribution in [0.15, 0.2) is 18.2 Å². The Morgan fingerprint density at radius 3 is 3.00 bits per heavy atom. The van der Waals surface area contributed by atoms with Gasteiger partial charge in [0.15, 0.2) is 0 Å². The lowest BCUT2D eigenvalue weighted by molar-refractivity contribution is 0.641. The molecule has 2 nitrogen and oxygen atoms in total. The van der Waals surface area contributed by atoms with E-state index in [0.717, 1.165) is 24.6 Å². The van der Waals surface area contributed by atoms with Gasteiger partial charge < -0.3 is 4.90 Å². The number of pyridine rings is 1. The molecule has 0 aliphatic carbocycles. The third-order valence-electron chi connectivity index (χ3n) is 2.68. The molecule has 0 saturated carbocycles. The number of aromatic nitrogens is 1. The topological polar surface area (TPSA) is 16.1 Å². The van der Waals surface area contributed by atoms with Gasteiger partial charge in [0.25, 0.3) is 0 Å². The quantitative estimate of drug-likeness (QED) is 0.757.